The van der Waals surface area contributed by atoms with E-state index in [0.717, 1.165) is 24.0 Å². The Labute approximate surface area is 232 Å². The van der Waals surface area contributed by atoms with Crippen LogP contribution in [0.1, 0.15) is 46.0 Å². The molecule has 0 radical (unpaired) electrons. The first-order chi connectivity index (χ1) is 18.9. The molecule has 0 aromatic heterocycles. The molecule has 2 saturated heterocycles. The van der Waals surface area contributed by atoms with Gasteiger partial charge in [0, 0.05) is 29.4 Å². The Morgan fingerprint density at radius 1 is 1.05 bits per heavy atom. The molecule has 0 saturated carbocycles. The van der Waals surface area contributed by atoms with E-state index in [1.807, 2.05) is 31.2 Å². The molecule has 0 bridgehead atoms. The van der Waals surface area contributed by atoms with Crippen LogP contribution in [0.4, 0.5) is 10.5 Å². The van der Waals surface area contributed by atoms with Crippen molar-refractivity contribution < 1.29 is 23.9 Å². The van der Waals surface area contributed by atoms with Crippen molar-refractivity contribution in [2.75, 3.05) is 18.5 Å². The molecule has 3 amide bonds. The van der Waals surface area contributed by atoms with E-state index >= 15 is 0 Å². The summed E-state index contributed by atoms with van der Waals surface area (Å²) >= 11 is 6.00. The van der Waals surface area contributed by atoms with Crippen molar-refractivity contribution in [3.05, 3.63) is 100 Å². The maximum absolute atomic E-state index is 13.5. The van der Waals surface area contributed by atoms with Crippen molar-refractivity contribution in [1.29, 1.82) is 0 Å². The summed E-state index contributed by atoms with van der Waals surface area (Å²) in [5.41, 5.74) is 3.64. The number of anilines is 1. The highest BCUT2D eigenvalue weighted by Gasteiger charge is 2.47. The van der Waals surface area contributed by atoms with Gasteiger partial charge in [-0.1, -0.05) is 59.6 Å². The molecule has 39 heavy (non-hydrogen) atoms. The van der Waals surface area contributed by atoms with Gasteiger partial charge in [-0.3, -0.25) is 14.5 Å². The van der Waals surface area contributed by atoms with Crippen LogP contribution in [0.25, 0.3) is 0 Å². The molecule has 2 N–H and O–H groups in total. The zero-order valence-electron chi connectivity index (χ0n) is 21.6. The summed E-state index contributed by atoms with van der Waals surface area (Å²) in [5.74, 6) is -0.597. The summed E-state index contributed by atoms with van der Waals surface area (Å²) in [7, 11) is 0. The number of ether oxygens (including phenoxy) is 2. The number of rotatable bonds is 8. The molecule has 5 rings (SSSR count). The van der Waals surface area contributed by atoms with Gasteiger partial charge in [0.25, 0.3) is 5.91 Å². The number of benzene rings is 3. The summed E-state index contributed by atoms with van der Waals surface area (Å²) in [4.78, 5) is 40.6. The summed E-state index contributed by atoms with van der Waals surface area (Å²) in [6.45, 7) is 3.30. The van der Waals surface area contributed by atoms with Crippen LogP contribution in [0.15, 0.2) is 72.8 Å². The van der Waals surface area contributed by atoms with Gasteiger partial charge in [-0.05, 0) is 61.2 Å². The van der Waals surface area contributed by atoms with Crippen LogP contribution < -0.4 is 10.6 Å². The van der Waals surface area contributed by atoms with E-state index in [1.54, 1.807) is 48.5 Å². The zero-order chi connectivity index (χ0) is 27.4. The summed E-state index contributed by atoms with van der Waals surface area (Å²) in [5, 5.41) is 6.27. The van der Waals surface area contributed by atoms with Gasteiger partial charge in [-0.2, -0.15) is 0 Å². The highest BCUT2D eigenvalue weighted by molar-refractivity contribution is 6.31. The average molecular weight is 548 g/mol. The van der Waals surface area contributed by atoms with Crippen molar-refractivity contribution in [2.24, 2.45) is 0 Å². The van der Waals surface area contributed by atoms with E-state index in [4.69, 9.17) is 21.1 Å². The molecule has 2 aliphatic rings. The van der Waals surface area contributed by atoms with Crippen molar-refractivity contribution >= 4 is 35.2 Å². The highest BCUT2D eigenvalue weighted by Crippen LogP contribution is 2.34. The zero-order valence-corrected chi connectivity index (χ0v) is 22.3. The number of nitrogens with one attached hydrogen (secondary N) is 2. The Balaban J connectivity index is 1.34. The second kappa shape index (κ2) is 11.9. The molecule has 202 valence electrons. The maximum atomic E-state index is 13.5. The molecule has 9 heteroatoms. The van der Waals surface area contributed by atoms with E-state index in [0.29, 0.717) is 35.0 Å². The minimum atomic E-state index is -0.868. The Morgan fingerprint density at radius 2 is 1.82 bits per heavy atom. The van der Waals surface area contributed by atoms with Crippen molar-refractivity contribution in [3.63, 3.8) is 0 Å². The van der Waals surface area contributed by atoms with Gasteiger partial charge in [-0.15, -0.1) is 0 Å². The third-order valence-corrected chi connectivity index (χ3v) is 7.17. The first-order valence-electron chi connectivity index (χ1n) is 13.0. The number of aryl methyl sites for hydroxylation is 1. The first-order valence-corrected chi connectivity index (χ1v) is 13.3. The molecule has 2 aliphatic heterocycles. The number of hydrogen-bond donors (Lipinski definition) is 2. The lowest BCUT2D eigenvalue weighted by molar-refractivity contribution is -0.126. The fourth-order valence-corrected chi connectivity index (χ4v) is 5.00. The number of hydrogen-bond acceptors (Lipinski definition) is 5. The first kappa shape index (κ1) is 26.7. The molecule has 0 unspecified atom stereocenters. The fraction of sp³-hybridized carbons (Fsp3) is 0.300. The Kier molecular flexibility index (Phi) is 8.14. The molecular weight excluding hydrogens is 518 g/mol. The van der Waals surface area contributed by atoms with Gasteiger partial charge in [0.1, 0.15) is 0 Å². The molecule has 2 heterocycles. The summed E-state index contributed by atoms with van der Waals surface area (Å²) < 4.78 is 11.4. The predicted molar refractivity (Wildman–Crippen MR) is 148 cm³/mol. The molecule has 3 atom stereocenters. The second-order valence-electron chi connectivity index (χ2n) is 9.83. The van der Waals surface area contributed by atoms with Gasteiger partial charge in [-0.25, -0.2) is 4.79 Å². The second-order valence-corrected chi connectivity index (χ2v) is 10.3. The van der Waals surface area contributed by atoms with Crippen LogP contribution >= 0.6 is 11.6 Å². The summed E-state index contributed by atoms with van der Waals surface area (Å²) in [6, 6.07) is 20.6. The van der Waals surface area contributed by atoms with E-state index in [1.165, 1.54) is 4.90 Å². The monoisotopic (exact) mass is 547 g/mol. The third kappa shape index (κ3) is 6.41. The Hall–Kier alpha value is -3.88. The lowest BCUT2D eigenvalue weighted by Gasteiger charge is -2.25. The highest BCUT2D eigenvalue weighted by atomic mass is 35.5. The van der Waals surface area contributed by atoms with Gasteiger partial charge < -0.3 is 20.1 Å². The number of cyclic esters (lactones) is 1. The van der Waals surface area contributed by atoms with E-state index in [9.17, 15) is 14.4 Å². The molecule has 3 aromatic rings. The van der Waals surface area contributed by atoms with E-state index < -0.39 is 18.2 Å². The smallest absolute Gasteiger partial charge is 0.411 e. The molecular formula is C30H30ClN3O5. The number of carbonyl (C=O) groups is 3. The molecule has 8 nitrogen and oxygen atoms in total. The van der Waals surface area contributed by atoms with Crippen LogP contribution in [0.3, 0.4) is 0 Å². The fourth-order valence-electron chi connectivity index (χ4n) is 4.81. The lowest BCUT2D eigenvalue weighted by atomic mass is 10.00. The standard InChI is InChI=1S/C30H30ClN3O5/c1-19-7-9-20(10-8-19)18-34-26(29(36)32-17-25-6-3-15-38-25)27(39-30(34)37)21-11-13-24(14-12-21)33-28(35)22-4-2-5-23(31)16-22/h2,4-5,7-14,16,25-27H,3,6,15,17-18H2,1H3,(H,32,36)(H,33,35)/t25-,26-,27+/m0/s1. The molecule has 2 fully saturated rings. The van der Waals surface area contributed by atoms with E-state index in [-0.39, 0.29) is 24.5 Å². The van der Waals surface area contributed by atoms with Crippen LogP contribution in [0, 0.1) is 6.92 Å². The van der Waals surface area contributed by atoms with E-state index in [2.05, 4.69) is 10.6 Å². The molecule has 3 aromatic carbocycles. The average Bonchev–Trinajstić information content (AvgIpc) is 3.57. The number of carbonyl (C=O) groups excluding carboxylic acids is 3. The third-order valence-electron chi connectivity index (χ3n) is 6.94. The Bertz CT molecular complexity index is 1340. The maximum Gasteiger partial charge on any atom is 0.411 e. The van der Waals surface area contributed by atoms with Gasteiger partial charge in [0.15, 0.2) is 12.1 Å². The van der Waals surface area contributed by atoms with Crippen molar-refractivity contribution in [2.45, 2.75) is 44.6 Å². The van der Waals surface area contributed by atoms with Gasteiger partial charge in [0.2, 0.25) is 5.91 Å². The normalized spacial score (nSPS) is 20.5. The van der Waals surface area contributed by atoms with Crippen LogP contribution in [-0.4, -0.2) is 48.1 Å². The van der Waals surface area contributed by atoms with Crippen molar-refractivity contribution in [1.82, 2.24) is 10.2 Å². The van der Waals surface area contributed by atoms with Crippen LogP contribution in [-0.2, 0) is 20.8 Å². The Morgan fingerprint density at radius 3 is 2.51 bits per heavy atom. The number of nitrogens with zero attached hydrogens (tertiary/aromatic N) is 1. The van der Waals surface area contributed by atoms with Gasteiger partial charge in [0.05, 0.1) is 12.6 Å². The number of amides is 3. The quantitative estimate of drug-likeness (QED) is 0.401. The topological polar surface area (TPSA) is 97.0 Å². The minimum Gasteiger partial charge on any atom is -0.438 e. The van der Waals surface area contributed by atoms with Crippen LogP contribution in [0.2, 0.25) is 5.02 Å². The predicted octanol–water partition coefficient (Wildman–Crippen LogP) is 5.26. The number of halogens is 1. The minimum absolute atomic E-state index is 0.0293. The van der Waals surface area contributed by atoms with Crippen molar-refractivity contribution in [3.8, 4) is 0 Å². The molecule has 0 aliphatic carbocycles. The van der Waals surface area contributed by atoms with Crippen LogP contribution in [0.5, 0.6) is 0 Å². The SMILES string of the molecule is Cc1ccc(CN2C(=O)O[C@H](c3ccc(NC(=O)c4cccc(Cl)c4)cc3)[C@H]2C(=O)NC[C@@H]2CCCO2)cc1. The lowest BCUT2D eigenvalue weighted by Crippen LogP contribution is -2.47. The molecule has 0 spiro atoms. The van der Waals surface area contributed by atoms with Gasteiger partial charge >= 0.3 is 6.09 Å². The largest absolute Gasteiger partial charge is 0.438 e. The summed E-state index contributed by atoms with van der Waals surface area (Å²) in [6.07, 6.45) is 0.451.